The number of rotatable bonds is 7. The number of halogens is 1. The maximum absolute atomic E-state index is 13.8. The zero-order valence-corrected chi connectivity index (χ0v) is 23.1. The van der Waals surface area contributed by atoms with Crippen LogP contribution in [0, 0.1) is 10.1 Å². The number of para-hydroxylation sites is 1. The highest BCUT2D eigenvalue weighted by Crippen LogP contribution is 2.36. The zero-order valence-electron chi connectivity index (χ0n) is 21.5. The molecule has 3 heterocycles. The van der Waals surface area contributed by atoms with Crippen LogP contribution in [0.2, 0.25) is 5.02 Å². The van der Waals surface area contributed by atoms with Crippen molar-refractivity contribution in [2.24, 2.45) is 4.99 Å². The third-order valence-electron chi connectivity index (χ3n) is 6.28. The van der Waals surface area contributed by atoms with E-state index < -0.39 is 16.9 Å². The summed E-state index contributed by atoms with van der Waals surface area (Å²) in [7, 11) is 1.52. The number of hydrogen-bond donors (Lipinski definition) is 0. The van der Waals surface area contributed by atoms with Crippen molar-refractivity contribution >= 4 is 40.7 Å². The summed E-state index contributed by atoms with van der Waals surface area (Å²) in [6.45, 7) is 3.58. The summed E-state index contributed by atoms with van der Waals surface area (Å²) in [4.78, 5) is 42.3. The quantitative estimate of drug-likeness (QED) is 0.177. The van der Waals surface area contributed by atoms with Crippen molar-refractivity contribution in [3.05, 3.63) is 112 Å². The standard InChI is InChI=1S/C28H22ClN3O7S/c1-4-38-27(34)24-15(2)30-28-31(25(24)19-7-5-6-8-21(19)37-3)26(33)23(40-28)14-17-10-12-22(39-17)18-11-9-16(32(35)36)13-20(18)29/h5-14,25H,4H2,1-3H3/b23-14-/t25-/m0/s1. The van der Waals surface area contributed by atoms with Crippen LogP contribution < -0.4 is 19.6 Å². The minimum absolute atomic E-state index is 0.135. The first-order valence-electron chi connectivity index (χ1n) is 12.1. The Bertz CT molecular complexity index is 1870. The summed E-state index contributed by atoms with van der Waals surface area (Å²) >= 11 is 7.41. The van der Waals surface area contributed by atoms with E-state index >= 15 is 0 Å². The summed E-state index contributed by atoms with van der Waals surface area (Å²) < 4.78 is 18.6. The predicted molar refractivity (Wildman–Crippen MR) is 149 cm³/mol. The molecule has 1 atom stereocenters. The summed E-state index contributed by atoms with van der Waals surface area (Å²) in [5, 5.41) is 11.2. The molecule has 40 heavy (non-hydrogen) atoms. The van der Waals surface area contributed by atoms with E-state index in [1.54, 1.807) is 56.3 Å². The summed E-state index contributed by atoms with van der Waals surface area (Å²) in [6, 6.07) is 13.8. The molecule has 0 fully saturated rings. The van der Waals surface area contributed by atoms with Crippen LogP contribution in [0.5, 0.6) is 5.75 Å². The molecule has 1 aliphatic rings. The van der Waals surface area contributed by atoms with Crippen LogP contribution in [0.25, 0.3) is 17.4 Å². The van der Waals surface area contributed by atoms with Gasteiger partial charge in [-0.2, -0.15) is 0 Å². The van der Waals surface area contributed by atoms with Crippen LogP contribution in [-0.4, -0.2) is 29.2 Å². The van der Waals surface area contributed by atoms with Crippen LogP contribution >= 0.6 is 22.9 Å². The number of esters is 1. The van der Waals surface area contributed by atoms with Crippen LogP contribution in [0.4, 0.5) is 5.69 Å². The fraction of sp³-hybridized carbons (Fsp3) is 0.179. The van der Waals surface area contributed by atoms with Crippen LogP contribution in [0.15, 0.2) is 80.1 Å². The molecule has 0 N–H and O–H groups in total. The molecule has 0 spiro atoms. The zero-order chi connectivity index (χ0) is 28.6. The second-order valence-corrected chi connectivity index (χ2v) is 10.1. The van der Waals surface area contributed by atoms with Gasteiger partial charge in [-0.3, -0.25) is 19.5 Å². The molecular weight excluding hydrogens is 558 g/mol. The first kappa shape index (κ1) is 27.1. The number of ether oxygens (including phenoxy) is 2. The van der Waals surface area contributed by atoms with Gasteiger partial charge in [0.25, 0.3) is 11.2 Å². The van der Waals surface area contributed by atoms with Crippen LogP contribution in [-0.2, 0) is 9.53 Å². The molecule has 2 aromatic heterocycles. The van der Waals surface area contributed by atoms with E-state index in [9.17, 15) is 19.7 Å². The van der Waals surface area contributed by atoms with Crippen LogP contribution in [0.1, 0.15) is 31.2 Å². The average molecular weight is 580 g/mol. The minimum atomic E-state index is -0.820. The van der Waals surface area contributed by atoms with Crippen molar-refractivity contribution in [3.63, 3.8) is 0 Å². The number of thiazole rings is 1. The highest BCUT2D eigenvalue weighted by Gasteiger charge is 2.35. The summed E-state index contributed by atoms with van der Waals surface area (Å²) in [5.41, 5.74) is 1.26. The van der Waals surface area contributed by atoms with Gasteiger partial charge in [0.05, 0.1) is 39.5 Å². The number of furan rings is 1. The van der Waals surface area contributed by atoms with E-state index in [0.29, 0.717) is 43.4 Å². The van der Waals surface area contributed by atoms with Gasteiger partial charge < -0.3 is 13.9 Å². The highest BCUT2D eigenvalue weighted by atomic mass is 35.5. The summed E-state index contributed by atoms with van der Waals surface area (Å²) in [6.07, 6.45) is 1.58. The number of fused-ring (bicyclic) bond motifs is 1. The monoisotopic (exact) mass is 579 g/mol. The Hall–Kier alpha value is -4.48. The number of allylic oxidation sites excluding steroid dienone is 1. The maximum Gasteiger partial charge on any atom is 0.338 e. The Morgan fingerprint density at radius 1 is 1.25 bits per heavy atom. The van der Waals surface area contributed by atoms with Crippen molar-refractivity contribution in [2.45, 2.75) is 19.9 Å². The van der Waals surface area contributed by atoms with Gasteiger partial charge in [0.1, 0.15) is 23.3 Å². The minimum Gasteiger partial charge on any atom is -0.496 e. The smallest absolute Gasteiger partial charge is 0.338 e. The van der Waals surface area contributed by atoms with E-state index in [2.05, 4.69) is 4.99 Å². The van der Waals surface area contributed by atoms with Gasteiger partial charge in [-0.25, -0.2) is 9.79 Å². The van der Waals surface area contributed by atoms with Gasteiger partial charge in [-0.1, -0.05) is 41.1 Å². The first-order valence-corrected chi connectivity index (χ1v) is 13.3. The molecule has 1 aliphatic heterocycles. The van der Waals surface area contributed by atoms with E-state index in [0.717, 1.165) is 11.3 Å². The molecular formula is C28H22ClN3O7S. The molecule has 5 rings (SSSR count). The molecule has 0 amide bonds. The van der Waals surface area contributed by atoms with Crippen molar-refractivity contribution in [1.29, 1.82) is 0 Å². The molecule has 0 saturated carbocycles. The summed E-state index contributed by atoms with van der Waals surface area (Å²) in [5.74, 6) is 0.690. The third kappa shape index (κ3) is 4.85. The predicted octanol–water partition coefficient (Wildman–Crippen LogP) is 4.63. The fourth-order valence-electron chi connectivity index (χ4n) is 4.50. The Morgan fingerprint density at radius 2 is 2.02 bits per heavy atom. The normalized spacial score (nSPS) is 15.0. The number of methoxy groups -OCH3 is 1. The number of nitro benzene ring substituents is 1. The number of hydrogen-bond acceptors (Lipinski definition) is 9. The topological polar surface area (TPSA) is 126 Å². The lowest BCUT2D eigenvalue weighted by Gasteiger charge is -2.25. The van der Waals surface area contributed by atoms with Crippen LogP contribution in [0.3, 0.4) is 0 Å². The second kappa shape index (κ2) is 10.9. The first-order chi connectivity index (χ1) is 19.2. The molecule has 10 nitrogen and oxygen atoms in total. The number of nitrogens with zero attached hydrogens (tertiary/aromatic N) is 3. The van der Waals surface area contributed by atoms with Crippen molar-refractivity contribution < 1.29 is 23.6 Å². The maximum atomic E-state index is 13.8. The molecule has 204 valence electrons. The van der Waals surface area contributed by atoms with Gasteiger partial charge in [-0.15, -0.1) is 0 Å². The Kier molecular flexibility index (Phi) is 7.42. The van der Waals surface area contributed by atoms with Gasteiger partial charge in [0, 0.05) is 29.3 Å². The van der Waals surface area contributed by atoms with Crippen molar-refractivity contribution in [3.8, 4) is 17.1 Å². The largest absolute Gasteiger partial charge is 0.496 e. The van der Waals surface area contributed by atoms with Gasteiger partial charge in [0.2, 0.25) is 0 Å². The lowest BCUT2D eigenvalue weighted by molar-refractivity contribution is -0.384. The number of carbonyl (C=O) groups is 1. The number of aromatic nitrogens is 1. The van der Waals surface area contributed by atoms with Gasteiger partial charge >= 0.3 is 5.97 Å². The molecule has 12 heteroatoms. The third-order valence-corrected chi connectivity index (χ3v) is 7.58. The van der Waals surface area contributed by atoms with Gasteiger partial charge in [-0.05, 0) is 38.1 Å². The van der Waals surface area contributed by atoms with Crippen molar-refractivity contribution in [2.75, 3.05) is 13.7 Å². The van der Waals surface area contributed by atoms with E-state index in [-0.39, 0.29) is 28.4 Å². The fourth-order valence-corrected chi connectivity index (χ4v) is 5.79. The number of non-ortho nitro benzene ring substituents is 1. The van der Waals surface area contributed by atoms with Gasteiger partial charge in [0.15, 0.2) is 4.80 Å². The number of nitro groups is 1. The number of benzene rings is 2. The molecule has 4 aromatic rings. The molecule has 0 radical (unpaired) electrons. The van der Waals surface area contributed by atoms with Crippen molar-refractivity contribution in [1.82, 2.24) is 4.57 Å². The van der Waals surface area contributed by atoms with E-state index in [4.69, 9.17) is 25.5 Å². The Balaban J connectivity index is 1.63. The highest BCUT2D eigenvalue weighted by molar-refractivity contribution is 7.07. The molecule has 2 aromatic carbocycles. The SMILES string of the molecule is CCOC(=O)C1=C(C)N=c2s/c(=C\c3ccc(-c4ccc([N+](=O)[O-])cc4Cl)o3)c(=O)n2[C@H]1c1ccccc1OC. The molecule has 0 unspecified atom stereocenters. The molecule has 0 aliphatic carbocycles. The number of carbonyl (C=O) groups excluding carboxylic acids is 1. The lowest BCUT2D eigenvalue weighted by atomic mass is 9.95. The average Bonchev–Trinajstić information content (AvgIpc) is 3.51. The molecule has 0 saturated heterocycles. The Morgan fingerprint density at radius 3 is 2.73 bits per heavy atom. The Labute approximate surface area is 236 Å². The van der Waals surface area contributed by atoms with E-state index in [1.807, 2.05) is 0 Å². The lowest BCUT2D eigenvalue weighted by Crippen LogP contribution is -2.40. The molecule has 0 bridgehead atoms. The van der Waals surface area contributed by atoms with E-state index in [1.165, 1.54) is 29.9 Å². The second-order valence-electron chi connectivity index (χ2n) is 8.67.